The minimum atomic E-state index is -0.884. The molecule has 196 valence electrons. The Morgan fingerprint density at radius 2 is 2.03 bits per heavy atom. The Kier molecular flexibility index (Phi) is 6.72. The summed E-state index contributed by atoms with van der Waals surface area (Å²) in [5, 5.41) is 13.4. The Labute approximate surface area is 213 Å². The number of aryl methyl sites for hydroxylation is 1. The predicted octanol–water partition coefficient (Wildman–Crippen LogP) is 2.58. The number of H-pyrrole nitrogens is 1. The van der Waals surface area contributed by atoms with Crippen molar-refractivity contribution in [3.63, 3.8) is 0 Å². The van der Waals surface area contributed by atoms with E-state index in [9.17, 15) is 19.1 Å². The molecule has 0 unspecified atom stereocenters. The van der Waals surface area contributed by atoms with Crippen LogP contribution in [0.5, 0.6) is 11.5 Å². The smallest absolute Gasteiger partial charge is 0.255 e. The number of likely N-dealkylation sites (tertiary alicyclic amines) is 1. The Morgan fingerprint density at radius 1 is 1.24 bits per heavy atom. The number of carbonyl (C=O) groups excluding carboxylic acids is 2. The molecule has 5 rings (SSSR count). The van der Waals surface area contributed by atoms with Gasteiger partial charge in [0.1, 0.15) is 23.3 Å². The maximum Gasteiger partial charge on any atom is 0.255 e. The number of β-amino-alcohol motifs (C(OH)–C–C–N with tert-alkyl or cyclic N) is 1. The molecule has 11 heteroatoms. The van der Waals surface area contributed by atoms with Crippen LogP contribution in [0.25, 0.3) is 22.3 Å². The van der Waals surface area contributed by atoms with Crippen molar-refractivity contribution in [2.24, 2.45) is 5.92 Å². The molecule has 3 N–H and O–H groups in total. The molecule has 2 fully saturated rings. The third-order valence-electron chi connectivity index (χ3n) is 7.02. The highest BCUT2D eigenvalue weighted by atomic mass is 19.1. The maximum absolute atomic E-state index is 14.8. The van der Waals surface area contributed by atoms with E-state index in [-0.39, 0.29) is 18.2 Å². The number of nitrogens with zero attached hydrogens (tertiary/aromatic N) is 3. The summed E-state index contributed by atoms with van der Waals surface area (Å²) >= 11 is 0. The first-order valence-electron chi connectivity index (χ1n) is 12.3. The van der Waals surface area contributed by atoms with Crippen LogP contribution in [0.3, 0.4) is 0 Å². The fourth-order valence-electron chi connectivity index (χ4n) is 4.72. The van der Waals surface area contributed by atoms with E-state index in [0.29, 0.717) is 64.8 Å². The lowest BCUT2D eigenvalue weighted by Crippen LogP contribution is -2.55. The number of halogens is 1. The Morgan fingerprint density at radius 3 is 2.70 bits per heavy atom. The monoisotopic (exact) mass is 511 g/mol. The van der Waals surface area contributed by atoms with Gasteiger partial charge in [-0.25, -0.2) is 14.4 Å². The van der Waals surface area contributed by atoms with Gasteiger partial charge in [-0.3, -0.25) is 9.59 Å². The van der Waals surface area contributed by atoms with Gasteiger partial charge in [0.2, 0.25) is 5.91 Å². The zero-order valence-electron chi connectivity index (χ0n) is 21.0. The average molecular weight is 512 g/mol. The number of benzene rings is 1. The molecule has 2 aliphatic rings. The normalized spacial score (nSPS) is 19.6. The van der Waals surface area contributed by atoms with E-state index in [1.807, 2.05) is 0 Å². The summed E-state index contributed by atoms with van der Waals surface area (Å²) in [6.07, 6.45) is 3.07. The number of hydrogen-bond acceptors (Lipinski definition) is 7. The number of nitrogens with one attached hydrogen (secondary N) is 2. The molecule has 0 radical (unpaired) electrons. The molecule has 0 bridgehead atoms. The predicted molar refractivity (Wildman–Crippen MR) is 133 cm³/mol. The minimum absolute atomic E-state index is 0.0666. The molecule has 2 aromatic heterocycles. The number of fused-ring (bicyclic) bond motifs is 1. The quantitative estimate of drug-likeness (QED) is 0.445. The second-order valence-electron chi connectivity index (χ2n) is 9.71. The molecule has 2 atom stereocenters. The van der Waals surface area contributed by atoms with Crippen molar-refractivity contribution >= 4 is 22.8 Å². The highest BCUT2D eigenvalue weighted by Gasteiger charge is 2.32. The summed E-state index contributed by atoms with van der Waals surface area (Å²) in [5.74, 6) is -0.0956. The Bertz CT molecular complexity index is 1350. The number of ether oxygens (including phenoxy) is 2. The number of rotatable bonds is 7. The van der Waals surface area contributed by atoms with Gasteiger partial charge in [0, 0.05) is 37.3 Å². The van der Waals surface area contributed by atoms with E-state index in [2.05, 4.69) is 20.3 Å². The summed E-state index contributed by atoms with van der Waals surface area (Å²) < 4.78 is 25.9. The molecule has 10 nitrogen and oxygen atoms in total. The van der Waals surface area contributed by atoms with Crippen LogP contribution in [0.4, 0.5) is 4.39 Å². The number of aromatic amines is 1. The third kappa shape index (κ3) is 4.95. The zero-order valence-corrected chi connectivity index (χ0v) is 21.0. The summed E-state index contributed by atoms with van der Waals surface area (Å²) in [6.45, 7) is 4.32. The molecule has 2 amide bonds. The highest BCUT2D eigenvalue weighted by molar-refractivity contribution is 6.09. The minimum Gasteiger partial charge on any atom is -0.494 e. The van der Waals surface area contributed by atoms with Gasteiger partial charge in [0.15, 0.2) is 11.6 Å². The van der Waals surface area contributed by atoms with Gasteiger partial charge in [0.05, 0.1) is 36.9 Å². The van der Waals surface area contributed by atoms with Gasteiger partial charge < -0.3 is 29.8 Å². The lowest BCUT2D eigenvalue weighted by atomic mass is 10.0. The second kappa shape index (κ2) is 9.97. The lowest BCUT2D eigenvalue weighted by Gasteiger charge is -2.35. The van der Waals surface area contributed by atoms with Gasteiger partial charge in [-0.15, -0.1) is 0 Å². The first-order valence-corrected chi connectivity index (χ1v) is 12.3. The number of methoxy groups -OCH3 is 1. The largest absolute Gasteiger partial charge is 0.494 e. The van der Waals surface area contributed by atoms with Crippen molar-refractivity contribution in [2.75, 3.05) is 26.8 Å². The van der Waals surface area contributed by atoms with Crippen molar-refractivity contribution in [3.05, 3.63) is 35.5 Å². The molecule has 3 aromatic rings. The van der Waals surface area contributed by atoms with Crippen LogP contribution in [-0.4, -0.2) is 75.7 Å². The summed E-state index contributed by atoms with van der Waals surface area (Å²) in [6, 6.07) is 2.32. The number of aliphatic hydroxyl groups excluding tert-OH is 1. The van der Waals surface area contributed by atoms with Crippen LogP contribution < -0.4 is 14.8 Å². The lowest BCUT2D eigenvalue weighted by molar-refractivity contribution is -0.132. The summed E-state index contributed by atoms with van der Waals surface area (Å²) in [5.41, 5.74) is 2.53. The molecule has 1 aliphatic carbocycles. The van der Waals surface area contributed by atoms with Crippen LogP contribution in [0.1, 0.15) is 42.2 Å². The van der Waals surface area contributed by atoms with Crippen molar-refractivity contribution in [1.29, 1.82) is 0 Å². The van der Waals surface area contributed by atoms with Crippen molar-refractivity contribution in [3.8, 4) is 22.8 Å². The number of aromatic nitrogens is 3. The number of piperidine rings is 1. The van der Waals surface area contributed by atoms with Crippen molar-refractivity contribution < 1.29 is 28.6 Å². The molecule has 1 saturated heterocycles. The van der Waals surface area contributed by atoms with Crippen LogP contribution in [0, 0.1) is 18.7 Å². The molecular weight excluding hydrogens is 481 g/mol. The van der Waals surface area contributed by atoms with E-state index < -0.39 is 23.9 Å². The zero-order chi connectivity index (χ0) is 26.3. The van der Waals surface area contributed by atoms with Gasteiger partial charge in [0.25, 0.3) is 5.91 Å². The van der Waals surface area contributed by atoms with E-state index in [4.69, 9.17) is 9.47 Å². The van der Waals surface area contributed by atoms with Crippen molar-refractivity contribution in [1.82, 2.24) is 25.2 Å². The van der Waals surface area contributed by atoms with Gasteiger partial charge in [-0.2, -0.15) is 0 Å². The molecule has 1 aliphatic heterocycles. The number of carbonyl (C=O) groups is 2. The molecular formula is C26H30FN5O5. The molecule has 1 saturated carbocycles. The van der Waals surface area contributed by atoms with E-state index >= 15 is 0 Å². The first kappa shape index (κ1) is 24.9. The van der Waals surface area contributed by atoms with E-state index in [1.54, 1.807) is 11.8 Å². The Balaban J connectivity index is 1.48. The first-order chi connectivity index (χ1) is 17.8. The average Bonchev–Trinajstić information content (AvgIpc) is 3.63. The van der Waals surface area contributed by atoms with E-state index in [0.717, 1.165) is 12.8 Å². The van der Waals surface area contributed by atoms with Gasteiger partial charge in [-0.05, 0) is 38.2 Å². The highest BCUT2D eigenvalue weighted by Crippen LogP contribution is 2.39. The Hall–Kier alpha value is -3.73. The molecule has 0 spiro atoms. The van der Waals surface area contributed by atoms with Crippen LogP contribution in [0.15, 0.2) is 18.5 Å². The third-order valence-corrected chi connectivity index (χ3v) is 7.02. The van der Waals surface area contributed by atoms with Crippen LogP contribution in [-0.2, 0) is 4.79 Å². The number of hydrogen-bond donors (Lipinski definition) is 3. The molecule has 1 aromatic carbocycles. The number of aliphatic hydroxyl groups is 1. The van der Waals surface area contributed by atoms with Gasteiger partial charge >= 0.3 is 0 Å². The number of amides is 2. The topological polar surface area (TPSA) is 130 Å². The fraction of sp³-hybridized carbons (Fsp3) is 0.462. The fourth-order valence-corrected chi connectivity index (χ4v) is 4.72. The maximum atomic E-state index is 14.8. The SMILES string of the molecule is COc1cc(OCC2CC2)c(-c2ncnc3c(C(=O)N[C@@H]4CCN(C(C)=O)C[C@H]4O)c(C)[nH]c23)cc1F. The van der Waals surface area contributed by atoms with Crippen molar-refractivity contribution in [2.45, 2.75) is 45.3 Å². The summed E-state index contributed by atoms with van der Waals surface area (Å²) in [4.78, 5) is 38.4. The van der Waals surface area contributed by atoms with E-state index in [1.165, 1.54) is 32.5 Å². The van der Waals surface area contributed by atoms with Crippen LogP contribution in [0.2, 0.25) is 0 Å². The van der Waals surface area contributed by atoms with Gasteiger partial charge in [-0.1, -0.05) is 0 Å². The standard InChI is InChI=1S/C26H30FN5O5/c1-13-22(26(35)31-18-6-7-32(14(2)33)10-19(18)34)24-25(30-13)23(28-12-29-24)16-8-17(27)21(36-3)9-20(16)37-11-15-4-5-15/h8-9,12,15,18-19,30,34H,4-7,10-11H2,1-3H3,(H,31,35)/t18-,19-/m1/s1. The summed E-state index contributed by atoms with van der Waals surface area (Å²) in [7, 11) is 1.39. The van der Waals surface area contributed by atoms with Crippen LogP contribution >= 0.6 is 0 Å². The molecule has 37 heavy (non-hydrogen) atoms. The molecule has 3 heterocycles. The second-order valence-corrected chi connectivity index (χ2v) is 9.71.